The molecule has 1 aliphatic rings. The number of aromatic amines is 1. The van der Waals surface area contributed by atoms with E-state index in [4.69, 9.17) is 0 Å². The molecule has 88 valence electrons. The minimum absolute atomic E-state index is 0.324. The van der Waals surface area contributed by atoms with E-state index in [9.17, 15) is 0 Å². The van der Waals surface area contributed by atoms with Crippen molar-refractivity contribution in [3.63, 3.8) is 0 Å². The molecular formula is C14H17N3. The van der Waals surface area contributed by atoms with Crippen LogP contribution >= 0.6 is 0 Å². The van der Waals surface area contributed by atoms with Crippen LogP contribution in [0.3, 0.4) is 0 Å². The first-order valence-corrected chi connectivity index (χ1v) is 6.20. The molecular weight excluding hydrogens is 210 g/mol. The summed E-state index contributed by atoms with van der Waals surface area (Å²) in [5.74, 6) is 1.07. The van der Waals surface area contributed by atoms with Gasteiger partial charge in [0.1, 0.15) is 5.82 Å². The summed E-state index contributed by atoms with van der Waals surface area (Å²) < 4.78 is 0. The standard InChI is InChI=1S/C14H17N3/c1-2-12-9-16-14(17-12)13-7-10-5-3-4-6-11(10)8-15-13/h3-6,9,13,15H,2,7-8H2,1H3,(H,16,17). The highest BCUT2D eigenvalue weighted by Gasteiger charge is 2.20. The van der Waals surface area contributed by atoms with Crippen LogP contribution in [0.1, 0.15) is 35.6 Å². The van der Waals surface area contributed by atoms with Crippen LogP contribution in [0.25, 0.3) is 0 Å². The van der Waals surface area contributed by atoms with Crippen LogP contribution in [0.5, 0.6) is 0 Å². The summed E-state index contributed by atoms with van der Waals surface area (Å²) in [5.41, 5.74) is 4.05. The van der Waals surface area contributed by atoms with Crippen LogP contribution < -0.4 is 5.32 Å². The number of hydrogen-bond donors (Lipinski definition) is 2. The Morgan fingerprint density at radius 3 is 2.88 bits per heavy atom. The first kappa shape index (κ1) is 10.5. The molecule has 3 nitrogen and oxygen atoms in total. The van der Waals surface area contributed by atoms with Crippen LogP contribution in [-0.4, -0.2) is 9.97 Å². The molecule has 0 radical (unpaired) electrons. The third-order valence-electron chi connectivity index (χ3n) is 3.44. The summed E-state index contributed by atoms with van der Waals surface area (Å²) >= 11 is 0. The Labute approximate surface area is 101 Å². The molecule has 3 rings (SSSR count). The van der Waals surface area contributed by atoms with Crippen molar-refractivity contribution in [2.24, 2.45) is 0 Å². The maximum Gasteiger partial charge on any atom is 0.123 e. The number of H-pyrrole nitrogens is 1. The number of nitrogens with zero attached hydrogens (tertiary/aromatic N) is 1. The summed E-state index contributed by atoms with van der Waals surface area (Å²) in [5, 5.41) is 3.54. The molecule has 17 heavy (non-hydrogen) atoms. The molecule has 3 heteroatoms. The minimum Gasteiger partial charge on any atom is -0.345 e. The Morgan fingerprint density at radius 2 is 2.12 bits per heavy atom. The molecule has 0 spiro atoms. The van der Waals surface area contributed by atoms with Crippen LogP contribution in [0, 0.1) is 0 Å². The molecule has 0 aliphatic carbocycles. The Kier molecular flexibility index (Phi) is 2.69. The molecule has 0 bridgehead atoms. The molecule has 0 saturated carbocycles. The molecule has 2 aromatic rings. The maximum atomic E-state index is 4.47. The predicted octanol–water partition coefficient (Wildman–Crippen LogP) is 2.36. The third-order valence-corrected chi connectivity index (χ3v) is 3.44. The van der Waals surface area contributed by atoms with Crippen molar-refractivity contribution in [3.8, 4) is 0 Å². The smallest absolute Gasteiger partial charge is 0.123 e. The Morgan fingerprint density at radius 1 is 1.29 bits per heavy atom. The third kappa shape index (κ3) is 1.98. The van der Waals surface area contributed by atoms with Crippen LogP contribution in [0.2, 0.25) is 0 Å². The van der Waals surface area contributed by atoms with Crippen molar-refractivity contribution in [2.75, 3.05) is 0 Å². The summed E-state index contributed by atoms with van der Waals surface area (Å²) in [7, 11) is 0. The van der Waals surface area contributed by atoms with Crippen LogP contribution in [0.15, 0.2) is 30.5 Å². The molecule has 0 saturated heterocycles. The predicted molar refractivity (Wildman–Crippen MR) is 67.7 cm³/mol. The molecule has 1 atom stereocenters. The number of aromatic nitrogens is 2. The molecule has 2 N–H and O–H groups in total. The molecule has 2 heterocycles. The van der Waals surface area contributed by atoms with Crippen LogP contribution in [-0.2, 0) is 19.4 Å². The minimum atomic E-state index is 0.324. The van der Waals surface area contributed by atoms with Crippen molar-refractivity contribution in [1.29, 1.82) is 0 Å². The summed E-state index contributed by atoms with van der Waals surface area (Å²) in [6.45, 7) is 3.07. The summed E-state index contributed by atoms with van der Waals surface area (Å²) in [6, 6.07) is 8.94. The van der Waals surface area contributed by atoms with Crippen molar-refractivity contribution >= 4 is 0 Å². The number of fused-ring (bicyclic) bond motifs is 1. The largest absolute Gasteiger partial charge is 0.345 e. The van der Waals surface area contributed by atoms with Crippen molar-refractivity contribution < 1.29 is 0 Å². The molecule has 1 unspecified atom stereocenters. The molecule has 1 aromatic carbocycles. The average Bonchev–Trinajstić information content (AvgIpc) is 2.87. The van der Waals surface area contributed by atoms with Gasteiger partial charge in [-0.15, -0.1) is 0 Å². The van der Waals surface area contributed by atoms with E-state index in [0.717, 1.165) is 25.2 Å². The quantitative estimate of drug-likeness (QED) is 0.827. The zero-order valence-corrected chi connectivity index (χ0v) is 10.0. The second kappa shape index (κ2) is 4.34. The van der Waals surface area contributed by atoms with Crippen molar-refractivity contribution in [1.82, 2.24) is 15.3 Å². The molecule has 1 aliphatic heterocycles. The number of hydrogen-bond acceptors (Lipinski definition) is 2. The fourth-order valence-electron chi connectivity index (χ4n) is 2.38. The lowest BCUT2D eigenvalue weighted by Crippen LogP contribution is -2.29. The van der Waals surface area contributed by atoms with E-state index in [0.29, 0.717) is 6.04 Å². The zero-order chi connectivity index (χ0) is 11.7. The van der Waals surface area contributed by atoms with Gasteiger partial charge in [0.05, 0.1) is 6.04 Å². The number of aryl methyl sites for hydroxylation is 1. The lowest BCUT2D eigenvalue weighted by atomic mass is 9.96. The Bertz CT molecular complexity index is 516. The normalized spacial score (nSPS) is 19.0. The van der Waals surface area contributed by atoms with Gasteiger partial charge >= 0.3 is 0 Å². The van der Waals surface area contributed by atoms with Gasteiger partial charge in [0, 0.05) is 18.4 Å². The first-order valence-electron chi connectivity index (χ1n) is 6.20. The van der Waals surface area contributed by atoms with E-state index in [2.05, 4.69) is 46.5 Å². The van der Waals surface area contributed by atoms with Gasteiger partial charge in [0.15, 0.2) is 0 Å². The molecule has 0 fully saturated rings. The van der Waals surface area contributed by atoms with E-state index in [1.165, 1.54) is 16.8 Å². The highest BCUT2D eigenvalue weighted by atomic mass is 15.0. The number of benzene rings is 1. The Hall–Kier alpha value is -1.61. The Balaban J connectivity index is 1.84. The van der Waals surface area contributed by atoms with E-state index < -0.39 is 0 Å². The van der Waals surface area contributed by atoms with Crippen LogP contribution in [0.4, 0.5) is 0 Å². The van der Waals surface area contributed by atoms with E-state index >= 15 is 0 Å². The zero-order valence-electron chi connectivity index (χ0n) is 10.0. The van der Waals surface area contributed by atoms with Gasteiger partial charge in [0.25, 0.3) is 0 Å². The molecule has 0 amide bonds. The van der Waals surface area contributed by atoms with E-state index in [-0.39, 0.29) is 0 Å². The van der Waals surface area contributed by atoms with E-state index in [1.807, 2.05) is 6.20 Å². The maximum absolute atomic E-state index is 4.47. The number of imidazole rings is 1. The second-order valence-electron chi connectivity index (χ2n) is 4.55. The van der Waals surface area contributed by atoms with Gasteiger partial charge < -0.3 is 10.3 Å². The van der Waals surface area contributed by atoms with Gasteiger partial charge in [-0.2, -0.15) is 0 Å². The van der Waals surface area contributed by atoms with Crippen molar-refractivity contribution in [2.45, 2.75) is 32.4 Å². The number of rotatable bonds is 2. The average molecular weight is 227 g/mol. The lowest BCUT2D eigenvalue weighted by Gasteiger charge is -2.24. The second-order valence-corrected chi connectivity index (χ2v) is 4.55. The highest BCUT2D eigenvalue weighted by Crippen LogP contribution is 2.23. The first-order chi connectivity index (χ1) is 8.36. The van der Waals surface area contributed by atoms with Crippen molar-refractivity contribution in [3.05, 3.63) is 53.1 Å². The van der Waals surface area contributed by atoms with Gasteiger partial charge in [-0.25, -0.2) is 4.98 Å². The summed E-state index contributed by atoms with van der Waals surface area (Å²) in [6.07, 6.45) is 3.97. The topological polar surface area (TPSA) is 40.7 Å². The van der Waals surface area contributed by atoms with Gasteiger partial charge in [-0.1, -0.05) is 31.2 Å². The summed E-state index contributed by atoms with van der Waals surface area (Å²) in [4.78, 5) is 7.86. The number of nitrogens with one attached hydrogen (secondary N) is 2. The van der Waals surface area contributed by atoms with Gasteiger partial charge in [-0.3, -0.25) is 0 Å². The van der Waals surface area contributed by atoms with Gasteiger partial charge in [-0.05, 0) is 24.0 Å². The highest BCUT2D eigenvalue weighted by molar-refractivity contribution is 5.30. The lowest BCUT2D eigenvalue weighted by molar-refractivity contribution is 0.479. The fraction of sp³-hybridized carbons (Fsp3) is 0.357. The van der Waals surface area contributed by atoms with Gasteiger partial charge in [0.2, 0.25) is 0 Å². The molecule has 1 aromatic heterocycles. The SMILES string of the molecule is CCc1cnc(C2Cc3ccccc3CN2)[nH]1. The fourth-order valence-corrected chi connectivity index (χ4v) is 2.38. The monoisotopic (exact) mass is 227 g/mol. The van der Waals surface area contributed by atoms with E-state index in [1.54, 1.807) is 0 Å².